The van der Waals surface area contributed by atoms with Crippen LogP contribution < -0.4 is 15.0 Å². The summed E-state index contributed by atoms with van der Waals surface area (Å²) in [5.74, 6) is 1.27. The number of aromatic nitrogens is 1. The first-order chi connectivity index (χ1) is 8.70. The highest BCUT2D eigenvalue weighted by atomic mass is 16.6. The van der Waals surface area contributed by atoms with Gasteiger partial charge in [0.05, 0.1) is 11.1 Å². The van der Waals surface area contributed by atoms with Crippen molar-refractivity contribution < 1.29 is 14.3 Å². The van der Waals surface area contributed by atoms with E-state index >= 15 is 0 Å². The lowest BCUT2D eigenvalue weighted by molar-refractivity contribution is 0.112. The van der Waals surface area contributed by atoms with Crippen LogP contribution in [0.2, 0.25) is 0 Å². The number of benzene rings is 1. The number of rotatable bonds is 1. The van der Waals surface area contributed by atoms with Crippen LogP contribution in [0, 0.1) is 0 Å². The number of fused-ring (bicyclic) bond motifs is 2. The Labute approximate surface area is 103 Å². The van der Waals surface area contributed by atoms with Gasteiger partial charge in [0.2, 0.25) is 0 Å². The van der Waals surface area contributed by atoms with E-state index < -0.39 is 0 Å². The quantitative estimate of drug-likeness (QED) is 0.706. The zero-order valence-electron chi connectivity index (χ0n) is 9.80. The highest BCUT2D eigenvalue weighted by Gasteiger charge is 2.15. The summed E-state index contributed by atoms with van der Waals surface area (Å²) in [5, 5.41) is 0.781. The van der Waals surface area contributed by atoms with Gasteiger partial charge in [-0.2, -0.15) is 0 Å². The second-order valence-corrected chi connectivity index (χ2v) is 4.14. The van der Waals surface area contributed by atoms with Crippen molar-refractivity contribution in [3.63, 3.8) is 0 Å². The number of aryl methyl sites for hydroxylation is 1. The Bertz CT molecular complexity index is 702. The largest absolute Gasteiger partial charge is 0.486 e. The van der Waals surface area contributed by atoms with Crippen LogP contribution in [0.1, 0.15) is 10.4 Å². The van der Waals surface area contributed by atoms with Crippen molar-refractivity contribution in [3.8, 4) is 11.5 Å². The van der Waals surface area contributed by atoms with Gasteiger partial charge >= 0.3 is 0 Å². The van der Waals surface area contributed by atoms with E-state index in [1.165, 1.54) is 4.57 Å². The van der Waals surface area contributed by atoms with E-state index in [1.54, 1.807) is 25.2 Å². The molecule has 0 aliphatic carbocycles. The summed E-state index contributed by atoms with van der Waals surface area (Å²) in [5.41, 5.74) is 0.547. The molecular formula is C13H11NO4. The Morgan fingerprint density at radius 2 is 1.83 bits per heavy atom. The SMILES string of the molecule is Cn1c(=O)c(C=O)cc2cc3c(cc21)OCCO3. The first kappa shape index (κ1) is 10.8. The molecular weight excluding hydrogens is 234 g/mol. The number of nitrogens with zero attached hydrogens (tertiary/aromatic N) is 1. The lowest BCUT2D eigenvalue weighted by Gasteiger charge is -2.19. The van der Waals surface area contributed by atoms with Gasteiger partial charge in [-0.1, -0.05) is 0 Å². The molecule has 5 nitrogen and oxygen atoms in total. The molecule has 18 heavy (non-hydrogen) atoms. The topological polar surface area (TPSA) is 57.5 Å². The second kappa shape index (κ2) is 3.87. The monoisotopic (exact) mass is 245 g/mol. The van der Waals surface area contributed by atoms with E-state index in [1.807, 2.05) is 0 Å². The molecule has 5 heteroatoms. The van der Waals surface area contributed by atoms with Crippen molar-refractivity contribution in [2.45, 2.75) is 0 Å². The number of hydrogen-bond acceptors (Lipinski definition) is 4. The summed E-state index contributed by atoms with van der Waals surface area (Å²) in [7, 11) is 1.63. The van der Waals surface area contributed by atoms with Crippen molar-refractivity contribution in [2.24, 2.45) is 7.05 Å². The third-order valence-corrected chi connectivity index (χ3v) is 3.04. The van der Waals surface area contributed by atoms with Crippen LogP contribution in [0.5, 0.6) is 11.5 Å². The van der Waals surface area contributed by atoms with Crippen LogP contribution in [0.25, 0.3) is 10.9 Å². The highest BCUT2D eigenvalue weighted by Crippen LogP contribution is 2.34. The fourth-order valence-corrected chi connectivity index (χ4v) is 2.12. The summed E-state index contributed by atoms with van der Waals surface area (Å²) in [6.07, 6.45) is 0.568. The molecule has 2 aromatic rings. The Morgan fingerprint density at radius 1 is 1.17 bits per heavy atom. The molecule has 3 rings (SSSR count). The standard InChI is InChI=1S/C13H11NO4/c1-14-10-6-12-11(17-2-3-18-12)5-8(10)4-9(7-15)13(14)16/h4-7H,2-3H2,1H3. The lowest BCUT2D eigenvalue weighted by atomic mass is 10.1. The lowest BCUT2D eigenvalue weighted by Crippen LogP contribution is -2.21. The first-order valence-corrected chi connectivity index (χ1v) is 5.59. The zero-order chi connectivity index (χ0) is 12.7. The smallest absolute Gasteiger partial charge is 0.261 e. The van der Waals surface area contributed by atoms with Gasteiger partial charge in [-0.25, -0.2) is 0 Å². The number of aldehydes is 1. The predicted octanol–water partition coefficient (Wildman–Crippen LogP) is 1.12. The molecule has 1 aromatic carbocycles. The van der Waals surface area contributed by atoms with Crippen molar-refractivity contribution in [1.29, 1.82) is 0 Å². The van der Waals surface area contributed by atoms with E-state index in [9.17, 15) is 9.59 Å². The van der Waals surface area contributed by atoms with Gasteiger partial charge in [0.1, 0.15) is 13.2 Å². The number of hydrogen-bond donors (Lipinski definition) is 0. The van der Waals surface area contributed by atoms with E-state index in [2.05, 4.69) is 0 Å². The molecule has 1 aromatic heterocycles. The van der Waals surface area contributed by atoms with Gasteiger partial charge in [0.15, 0.2) is 17.8 Å². The van der Waals surface area contributed by atoms with Crippen molar-refractivity contribution in [3.05, 3.63) is 34.1 Å². The van der Waals surface area contributed by atoms with Gasteiger partial charge in [-0.05, 0) is 12.1 Å². The fourth-order valence-electron chi connectivity index (χ4n) is 2.12. The van der Waals surface area contributed by atoms with Crippen LogP contribution in [0.15, 0.2) is 23.0 Å². The highest BCUT2D eigenvalue weighted by molar-refractivity contribution is 5.88. The predicted molar refractivity (Wildman–Crippen MR) is 65.6 cm³/mol. The maximum absolute atomic E-state index is 11.8. The maximum Gasteiger partial charge on any atom is 0.261 e. The van der Waals surface area contributed by atoms with Crippen LogP contribution in [-0.2, 0) is 7.05 Å². The minimum Gasteiger partial charge on any atom is -0.486 e. The molecule has 92 valence electrons. The Morgan fingerprint density at radius 3 is 2.50 bits per heavy atom. The van der Waals surface area contributed by atoms with Crippen molar-refractivity contribution >= 4 is 17.2 Å². The van der Waals surface area contributed by atoms with E-state index in [0.29, 0.717) is 31.0 Å². The Hall–Kier alpha value is -2.30. The van der Waals surface area contributed by atoms with E-state index in [0.717, 1.165) is 10.9 Å². The molecule has 0 spiro atoms. The van der Waals surface area contributed by atoms with Crippen LogP contribution in [-0.4, -0.2) is 24.1 Å². The molecule has 0 amide bonds. The minimum atomic E-state index is -0.311. The summed E-state index contributed by atoms with van der Waals surface area (Å²) < 4.78 is 12.4. The normalized spacial score (nSPS) is 13.6. The van der Waals surface area contributed by atoms with Crippen LogP contribution in [0.3, 0.4) is 0 Å². The van der Waals surface area contributed by atoms with Gasteiger partial charge in [0.25, 0.3) is 5.56 Å². The number of pyridine rings is 1. The maximum atomic E-state index is 11.8. The third kappa shape index (κ3) is 1.48. The average Bonchev–Trinajstić information content (AvgIpc) is 2.41. The average molecular weight is 245 g/mol. The molecule has 2 heterocycles. The molecule has 0 saturated heterocycles. The van der Waals surface area contributed by atoms with Gasteiger partial charge in [-0.3, -0.25) is 9.59 Å². The van der Waals surface area contributed by atoms with Crippen molar-refractivity contribution in [1.82, 2.24) is 4.57 Å². The Balaban J connectivity index is 2.37. The second-order valence-electron chi connectivity index (χ2n) is 4.14. The molecule has 0 bridgehead atoms. The first-order valence-electron chi connectivity index (χ1n) is 5.59. The Kier molecular flexibility index (Phi) is 2.33. The molecule has 1 aliphatic heterocycles. The summed E-state index contributed by atoms with van der Waals surface area (Å²) in [6, 6.07) is 5.12. The summed E-state index contributed by atoms with van der Waals surface area (Å²) in [6.45, 7) is 1.00. The summed E-state index contributed by atoms with van der Waals surface area (Å²) in [4.78, 5) is 22.7. The van der Waals surface area contributed by atoms with E-state index in [4.69, 9.17) is 9.47 Å². The molecule has 0 radical (unpaired) electrons. The van der Waals surface area contributed by atoms with Gasteiger partial charge in [0, 0.05) is 18.5 Å². The molecule has 0 fully saturated rings. The van der Waals surface area contributed by atoms with E-state index in [-0.39, 0.29) is 11.1 Å². The van der Waals surface area contributed by atoms with Crippen LogP contribution in [0.4, 0.5) is 0 Å². The fraction of sp³-hybridized carbons (Fsp3) is 0.231. The van der Waals surface area contributed by atoms with Gasteiger partial charge in [-0.15, -0.1) is 0 Å². The van der Waals surface area contributed by atoms with Gasteiger partial charge < -0.3 is 14.0 Å². The number of carbonyl (C=O) groups is 1. The van der Waals surface area contributed by atoms with Crippen molar-refractivity contribution in [2.75, 3.05) is 13.2 Å². The molecule has 1 aliphatic rings. The number of carbonyl (C=O) groups excluding carboxylic acids is 1. The molecule has 0 unspecified atom stereocenters. The van der Waals surface area contributed by atoms with Crippen LogP contribution >= 0.6 is 0 Å². The third-order valence-electron chi connectivity index (χ3n) is 3.04. The summed E-state index contributed by atoms with van der Waals surface area (Å²) >= 11 is 0. The number of ether oxygens (including phenoxy) is 2. The molecule has 0 atom stereocenters. The molecule has 0 N–H and O–H groups in total. The minimum absolute atomic E-state index is 0.140. The molecule has 0 saturated carbocycles. The zero-order valence-corrected chi connectivity index (χ0v) is 9.80.